The standard InChI is InChI=1S/C14H16BrN3O/c1-10-13(8-16-18(10)3)14(19)17(2)9-11-4-6-12(15)7-5-11/h4-8H,9H2,1-3H3. The molecule has 0 spiro atoms. The van der Waals surface area contributed by atoms with E-state index < -0.39 is 0 Å². The molecule has 0 aliphatic heterocycles. The Balaban J connectivity index is 2.11. The van der Waals surface area contributed by atoms with Crippen molar-refractivity contribution in [3.05, 3.63) is 51.8 Å². The molecule has 0 aliphatic carbocycles. The highest BCUT2D eigenvalue weighted by Crippen LogP contribution is 2.14. The van der Waals surface area contributed by atoms with Crippen molar-refractivity contribution in [1.82, 2.24) is 14.7 Å². The van der Waals surface area contributed by atoms with E-state index in [2.05, 4.69) is 21.0 Å². The highest BCUT2D eigenvalue weighted by Gasteiger charge is 2.17. The molecular weight excluding hydrogens is 306 g/mol. The first-order valence-electron chi connectivity index (χ1n) is 5.97. The van der Waals surface area contributed by atoms with Gasteiger partial charge in [-0.3, -0.25) is 9.48 Å². The van der Waals surface area contributed by atoms with E-state index in [1.54, 1.807) is 22.8 Å². The second-order valence-electron chi connectivity index (χ2n) is 4.55. The van der Waals surface area contributed by atoms with Gasteiger partial charge in [-0.25, -0.2) is 0 Å². The second-order valence-corrected chi connectivity index (χ2v) is 5.47. The molecule has 0 radical (unpaired) electrons. The molecule has 0 N–H and O–H groups in total. The van der Waals surface area contributed by atoms with Crippen LogP contribution in [0.15, 0.2) is 34.9 Å². The predicted octanol–water partition coefficient (Wildman–Crippen LogP) is 2.76. The highest BCUT2D eigenvalue weighted by molar-refractivity contribution is 9.10. The summed E-state index contributed by atoms with van der Waals surface area (Å²) in [5.74, 6) is -0.00600. The van der Waals surface area contributed by atoms with Crippen molar-refractivity contribution in [2.45, 2.75) is 13.5 Å². The number of aryl methyl sites for hydroxylation is 1. The first-order chi connectivity index (χ1) is 8.99. The van der Waals surface area contributed by atoms with Gasteiger partial charge in [-0.05, 0) is 24.6 Å². The number of halogens is 1. The largest absolute Gasteiger partial charge is 0.337 e. The summed E-state index contributed by atoms with van der Waals surface area (Å²) in [4.78, 5) is 14.0. The molecule has 2 aromatic rings. The lowest BCUT2D eigenvalue weighted by atomic mass is 10.2. The summed E-state index contributed by atoms with van der Waals surface area (Å²) in [5, 5.41) is 4.10. The van der Waals surface area contributed by atoms with Crippen LogP contribution in [-0.4, -0.2) is 27.6 Å². The van der Waals surface area contributed by atoms with E-state index in [0.717, 1.165) is 15.7 Å². The molecule has 1 aromatic heterocycles. The van der Waals surface area contributed by atoms with Crippen LogP contribution in [-0.2, 0) is 13.6 Å². The van der Waals surface area contributed by atoms with Crippen LogP contribution in [0.1, 0.15) is 21.6 Å². The van der Waals surface area contributed by atoms with Crippen molar-refractivity contribution in [3.8, 4) is 0 Å². The van der Waals surface area contributed by atoms with Gasteiger partial charge in [0, 0.05) is 30.8 Å². The minimum Gasteiger partial charge on any atom is -0.337 e. The topological polar surface area (TPSA) is 38.1 Å². The zero-order valence-electron chi connectivity index (χ0n) is 11.2. The van der Waals surface area contributed by atoms with Crippen LogP contribution < -0.4 is 0 Å². The molecular formula is C14H16BrN3O. The fraction of sp³-hybridized carbons (Fsp3) is 0.286. The fourth-order valence-corrected chi connectivity index (χ4v) is 2.11. The number of benzene rings is 1. The van der Waals surface area contributed by atoms with Gasteiger partial charge in [0.1, 0.15) is 0 Å². The Bertz CT molecular complexity index is 589. The summed E-state index contributed by atoms with van der Waals surface area (Å²) in [5.41, 5.74) is 2.63. The molecule has 1 aromatic carbocycles. The summed E-state index contributed by atoms with van der Waals surface area (Å²) < 4.78 is 2.74. The number of hydrogen-bond donors (Lipinski definition) is 0. The molecule has 5 heteroatoms. The average Bonchev–Trinajstić information content (AvgIpc) is 2.72. The van der Waals surface area contributed by atoms with Crippen LogP contribution in [0.25, 0.3) is 0 Å². The van der Waals surface area contributed by atoms with Gasteiger partial charge >= 0.3 is 0 Å². The van der Waals surface area contributed by atoms with Gasteiger partial charge in [0.05, 0.1) is 11.8 Å². The molecule has 0 bridgehead atoms. The minimum atomic E-state index is -0.00600. The van der Waals surface area contributed by atoms with Crippen LogP contribution >= 0.6 is 15.9 Å². The summed E-state index contributed by atoms with van der Waals surface area (Å²) in [6, 6.07) is 7.96. The van der Waals surface area contributed by atoms with Crippen LogP contribution in [0.4, 0.5) is 0 Å². The zero-order chi connectivity index (χ0) is 14.0. The number of nitrogens with zero attached hydrogens (tertiary/aromatic N) is 3. The van der Waals surface area contributed by atoms with E-state index in [9.17, 15) is 4.79 Å². The summed E-state index contributed by atoms with van der Waals surface area (Å²) in [6.45, 7) is 2.48. The highest BCUT2D eigenvalue weighted by atomic mass is 79.9. The molecule has 1 heterocycles. The molecule has 19 heavy (non-hydrogen) atoms. The normalized spacial score (nSPS) is 10.5. The van der Waals surface area contributed by atoms with Crippen molar-refractivity contribution in [2.75, 3.05) is 7.05 Å². The number of carbonyl (C=O) groups is 1. The van der Waals surface area contributed by atoms with Gasteiger partial charge in [-0.1, -0.05) is 28.1 Å². The number of carbonyl (C=O) groups excluding carboxylic acids is 1. The molecule has 0 saturated carbocycles. The van der Waals surface area contributed by atoms with E-state index in [0.29, 0.717) is 12.1 Å². The third-order valence-corrected chi connectivity index (χ3v) is 3.67. The Labute approximate surface area is 121 Å². The fourth-order valence-electron chi connectivity index (χ4n) is 1.85. The number of amides is 1. The Morgan fingerprint density at radius 2 is 2.00 bits per heavy atom. The monoisotopic (exact) mass is 321 g/mol. The van der Waals surface area contributed by atoms with Crippen molar-refractivity contribution >= 4 is 21.8 Å². The molecule has 4 nitrogen and oxygen atoms in total. The van der Waals surface area contributed by atoms with Crippen LogP contribution in [0.5, 0.6) is 0 Å². The number of aromatic nitrogens is 2. The Morgan fingerprint density at radius 3 is 2.53 bits per heavy atom. The molecule has 0 fully saturated rings. The average molecular weight is 322 g/mol. The van der Waals surface area contributed by atoms with Crippen LogP contribution in [0, 0.1) is 6.92 Å². The maximum Gasteiger partial charge on any atom is 0.257 e. The van der Waals surface area contributed by atoms with Gasteiger partial charge in [0.25, 0.3) is 5.91 Å². The Hall–Kier alpha value is -1.62. The van der Waals surface area contributed by atoms with E-state index in [1.165, 1.54) is 0 Å². The minimum absolute atomic E-state index is 0.00600. The summed E-state index contributed by atoms with van der Waals surface area (Å²) >= 11 is 3.40. The first-order valence-corrected chi connectivity index (χ1v) is 6.77. The number of rotatable bonds is 3. The third-order valence-electron chi connectivity index (χ3n) is 3.15. The maximum atomic E-state index is 12.3. The molecule has 0 aliphatic rings. The van der Waals surface area contributed by atoms with Crippen molar-refractivity contribution in [2.24, 2.45) is 7.05 Å². The Morgan fingerprint density at radius 1 is 1.37 bits per heavy atom. The maximum absolute atomic E-state index is 12.3. The SMILES string of the molecule is Cc1c(C(=O)N(C)Cc2ccc(Br)cc2)cnn1C. The van der Waals surface area contributed by atoms with Gasteiger partial charge < -0.3 is 4.90 Å². The van der Waals surface area contributed by atoms with Gasteiger partial charge in [0.15, 0.2) is 0 Å². The van der Waals surface area contributed by atoms with Crippen LogP contribution in [0.2, 0.25) is 0 Å². The lowest BCUT2D eigenvalue weighted by Gasteiger charge is -2.17. The van der Waals surface area contributed by atoms with Gasteiger partial charge in [-0.15, -0.1) is 0 Å². The molecule has 0 unspecified atom stereocenters. The van der Waals surface area contributed by atoms with Crippen molar-refractivity contribution in [1.29, 1.82) is 0 Å². The lowest BCUT2D eigenvalue weighted by Crippen LogP contribution is -2.26. The summed E-state index contributed by atoms with van der Waals surface area (Å²) in [6.07, 6.45) is 1.62. The molecule has 2 rings (SSSR count). The molecule has 100 valence electrons. The van der Waals surface area contributed by atoms with Gasteiger partial charge in [0.2, 0.25) is 0 Å². The number of hydrogen-bond acceptors (Lipinski definition) is 2. The third kappa shape index (κ3) is 3.04. The lowest BCUT2D eigenvalue weighted by molar-refractivity contribution is 0.0784. The molecule has 0 atom stereocenters. The molecule has 1 amide bonds. The van der Waals surface area contributed by atoms with Crippen molar-refractivity contribution < 1.29 is 4.79 Å². The van der Waals surface area contributed by atoms with Crippen LogP contribution in [0.3, 0.4) is 0 Å². The van der Waals surface area contributed by atoms with Crippen molar-refractivity contribution in [3.63, 3.8) is 0 Å². The van der Waals surface area contributed by atoms with E-state index in [1.807, 2.05) is 38.2 Å². The smallest absolute Gasteiger partial charge is 0.257 e. The zero-order valence-corrected chi connectivity index (χ0v) is 12.8. The first kappa shape index (κ1) is 13.8. The van der Waals surface area contributed by atoms with E-state index in [4.69, 9.17) is 0 Å². The summed E-state index contributed by atoms with van der Waals surface area (Å²) in [7, 11) is 3.64. The quantitative estimate of drug-likeness (QED) is 0.871. The van der Waals surface area contributed by atoms with Gasteiger partial charge in [-0.2, -0.15) is 5.10 Å². The second kappa shape index (κ2) is 5.57. The van der Waals surface area contributed by atoms with E-state index in [-0.39, 0.29) is 5.91 Å². The van der Waals surface area contributed by atoms with E-state index >= 15 is 0 Å². The Kier molecular flexibility index (Phi) is 4.04. The predicted molar refractivity (Wildman–Crippen MR) is 77.9 cm³/mol. The molecule has 0 saturated heterocycles.